The van der Waals surface area contributed by atoms with E-state index < -0.39 is 10.0 Å². The topological polar surface area (TPSA) is 58.2 Å². The van der Waals surface area contributed by atoms with E-state index in [0.29, 0.717) is 13.1 Å². The van der Waals surface area contributed by atoms with Crippen molar-refractivity contribution in [1.29, 1.82) is 0 Å². The van der Waals surface area contributed by atoms with Crippen LogP contribution in [0, 0.1) is 0 Å². The van der Waals surface area contributed by atoms with Crippen molar-refractivity contribution in [3.63, 3.8) is 0 Å². The molecule has 0 aromatic rings. The minimum atomic E-state index is -3.05. The molecule has 0 amide bonds. The summed E-state index contributed by atoms with van der Waals surface area (Å²) in [6, 6.07) is 0. The molecular weight excluding hydrogens is 208 g/mol. The Balaban J connectivity index is 3.52. The molecule has 13 heavy (non-hydrogen) atoms. The van der Waals surface area contributed by atoms with Crippen LogP contribution in [-0.2, 0) is 10.0 Å². The Morgan fingerprint density at radius 1 is 1.31 bits per heavy atom. The number of sulfonamides is 1. The molecule has 0 fully saturated rings. The fourth-order valence-electron chi connectivity index (χ4n) is 0.753. The molecule has 6 heteroatoms. The minimum absolute atomic E-state index is 0.156. The van der Waals surface area contributed by atoms with Gasteiger partial charge >= 0.3 is 0 Å². The zero-order chi connectivity index (χ0) is 10.2. The molecule has 0 atom stereocenters. The summed E-state index contributed by atoms with van der Waals surface area (Å²) in [4.78, 5) is 0. The van der Waals surface area contributed by atoms with Crippen LogP contribution in [0.15, 0.2) is 0 Å². The number of nitrogens with one attached hydrogen (secondary N) is 2. The van der Waals surface area contributed by atoms with Gasteiger partial charge in [0.2, 0.25) is 10.0 Å². The summed E-state index contributed by atoms with van der Waals surface area (Å²) in [6.45, 7) is 1.05. The molecule has 0 heterocycles. The average Bonchev–Trinajstić information content (AvgIpc) is 2.09. The first-order valence-corrected chi connectivity index (χ1v) is 7.28. The van der Waals surface area contributed by atoms with Crippen molar-refractivity contribution in [3.8, 4) is 0 Å². The lowest BCUT2D eigenvalue weighted by molar-refractivity contribution is 0.578. The Labute approximate surface area is 84.9 Å². The molecule has 0 bridgehead atoms. The van der Waals surface area contributed by atoms with E-state index in [2.05, 4.69) is 10.0 Å². The maximum absolute atomic E-state index is 11.2. The SMILES string of the molecule is CNCCS(=O)(=O)NCCCSC. The molecule has 0 saturated heterocycles. The molecular formula is C7H18N2O2S2. The average molecular weight is 226 g/mol. The summed E-state index contributed by atoms with van der Waals surface area (Å²) < 4.78 is 24.9. The van der Waals surface area contributed by atoms with Gasteiger partial charge in [-0.3, -0.25) is 0 Å². The number of thioether (sulfide) groups is 1. The summed E-state index contributed by atoms with van der Waals surface area (Å²) in [5.74, 6) is 1.15. The quantitative estimate of drug-likeness (QED) is 0.567. The lowest BCUT2D eigenvalue weighted by Gasteiger charge is -2.05. The molecule has 2 N–H and O–H groups in total. The van der Waals surface area contributed by atoms with Crippen molar-refractivity contribution < 1.29 is 8.42 Å². The maximum Gasteiger partial charge on any atom is 0.212 e. The van der Waals surface area contributed by atoms with Crippen LogP contribution in [0.1, 0.15) is 6.42 Å². The minimum Gasteiger partial charge on any atom is -0.319 e. The number of rotatable bonds is 8. The first-order valence-electron chi connectivity index (χ1n) is 4.23. The molecule has 4 nitrogen and oxygen atoms in total. The second-order valence-electron chi connectivity index (χ2n) is 2.66. The second kappa shape index (κ2) is 7.61. The Morgan fingerprint density at radius 3 is 2.54 bits per heavy atom. The molecule has 0 saturated carbocycles. The molecule has 0 aliphatic carbocycles. The normalized spacial score (nSPS) is 11.8. The molecule has 80 valence electrons. The van der Waals surface area contributed by atoms with Crippen molar-refractivity contribution in [2.75, 3.05) is 37.9 Å². The molecule has 0 aromatic heterocycles. The van der Waals surface area contributed by atoms with Crippen molar-refractivity contribution >= 4 is 21.8 Å². The Kier molecular flexibility index (Phi) is 7.74. The summed E-state index contributed by atoms with van der Waals surface area (Å²) >= 11 is 1.72. The van der Waals surface area contributed by atoms with E-state index in [0.717, 1.165) is 12.2 Å². The third-order valence-corrected chi connectivity index (χ3v) is 3.55. The number of hydrogen-bond acceptors (Lipinski definition) is 4. The molecule has 0 unspecified atom stereocenters. The fourth-order valence-corrected chi connectivity index (χ4v) is 2.26. The van der Waals surface area contributed by atoms with Crippen molar-refractivity contribution in [2.24, 2.45) is 0 Å². The predicted octanol–water partition coefficient (Wildman–Crippen LogP) is -0.122. The van der Waals surface area contributed by atoms with Gasteiger partial charge in [0.1, 0.15) is 0 Å². The van der Waals surface area contributed by atoms with E-state index in [4.69, 9.17) is 0 Å². The monoisotopic (exact) mass is 226 g/mol. The van der Waals surface area contributed by atoms with Crippen LogP contribution in [0.2, 0.25) is 0 Å². The third-order valence-electron chi connectivity index (χ3n) is 1.47. The zero-order valence-corrected chi connectivity index (χ0v) is 9.80. The van der Waals surface area contributed by atoms with E-state index in [-0.39, 0.29) is 5.75 Å². The largest absolute Gasteiger partial charge is 0.319 e. The predicted molar refractivity (Wildman–Crippen MR) is 58.7 cm³/mol. The fraction of sp³-hybridized carbons (Fsp3) is 1.00. The first kappa shape index (κ1) is 13.2. The van der Waals surface area contributed by atoms with Gasteiger partial charge in [-0.15, -0.1) is 0 Å². The summed E-state index contributed by atoms with van der Waals surface area (Å²) in [5.41, 5.74) is 0. The van der Waals surface area contributed by atoms with Gasteiger partial charge in [0, 0.05) is 13.1 Å². The summed E-state index contributed by atoms with van der Waals surface area (Å²) in [7, 11) is -1.31. The second-order valence-corrected chi connectivity index (χ2v) is 5.58. The lowest BCUT2D eigenvalue weighted by atomic mass is 10.5. The molecule has 0 aliphatic rings. The highest BCUT2D eigenvalue weighted by Gasteiger charge is 2.07. The smallest absolute Gasteiger partial charge is 0.212 e. The van der Waals surface area contributed by atoms with Crippen LogP contribution in [0.5, 0.6) is 0 Å². The van der Waals surface area contributed by atoms with Gasteiger partial charge in [-0.25, -0.2) is 13.1 Å². The van der Waals surface area contributed by atoms with Crippen molar-refractivity contribution in [1.82, 2.24) is 10.0 Å². The standard InChI is InChI=1S/C7H18N2O2S2/c1-8-5-7-13(10,11)9-4-3-6-12-2/h8-9H,3-7H2,1-2H3. The van der Waals surface area contributed by atoms with Crippen LogP contribution >= 0.6 is 11.8 Å². The van der Waals surface area contributed by atoms with Gasteiger partial charge in [-0.1, -0.05) is 0 Å². The number of hydrogen-bond donors (Lipinski definition) is 2. The molecule has 0 aliphatic heterocycles. The molecule has 0 radical (unpaired) electrons. The van der Waals surface area contributed by atoms with Crippen LogP contribution < -0.4 is 10.0 Å². The van der Waals surface area contributed by atoms with Gasteiger partial charge in [-0.2, -0.15) is 11.8 Å². The highest BCUT2D eigenvalue weighted by molar-refractivity contribution is 7.98. The van der Waals surface area contributed by atoms with Gasteiger partial charge in [0.05, 0.1) is 5.75 Å². The molecule has 0 spiro atoms. The van der Waals surface area contributed by atoms with Crippen molar-refractivity contribution in [2.45, 2.75) is 6.42 Å². The van der Waals surface area contributed by atoms with E-state index in [1.54, 1.807) is 18.8 Å². The summed E-state index contributed by atoms with van der Waals surface area (Å²) in [6.07, 6.45) is 2.90. The summed E-state index contributed by atoms with van der Waals surface area (Å²) in [5, 5.41) is 2.80. The third kappa shape index (κ3) is 8.55. The molecule has 0 rings (SSSR count). The Morgan fingerprint density at radius 2 is 2.00 bits per heavy atom. The zero-order valence-electron chi connectivity index (χ0n) is 8.17. The van der Waals surface area contributed by atoms with E-state index in [9.17, 15) is 8.42 Å². The van der Waals surface area contributed by atoms with Crippen LogP contribution in [0.25, 0.3) is 0 Å². The van der Waals surface area contributed by atoms with Gasteiger partial charge in [0.15, 0.2) is 0 Å². The van der Waals surface area contributed by atoms with Gasteiger partial charge in [0.25, 0.3) is 0 Å². The Hall–Kier alpha value is 0.220. The van der Waals surface area contributed by atoms with E-state index >= 15 is 0 Å². The van der Waals surface area contributed by atoms with Crippen molar-refractivity contribution in [3.05, 3.63) is 0 Å². The highest BCUT2D eigenvalue weighted by Crippen LogP contribution is 1.94. The van der Waals surface area contributed by atoms with E-state index in [1.807, 2.05) is 6.26 Å². The van der Waals surface area contributed by atoms with Crippen LogP contribution in [-0.4, -0.2) is 46.3 Å². The van der Waals surface area contributed by atoms with Gasteiger partial charge in [-0.05, 0) is 25.5 Å². The van der Waals surface area contributed by atoms with E-state index in [1.165, 1.54) is 0 Å². The lowest BCUT2D eigenvalue weighted by Crippen LogP contribution is -2.31. The highest BCUT2D eigenvalue weighted by atomic mass is 32.2. The van der Waals surface area contributed by atoms with Gasteiger partial charge < -0.3 is 5.32 Å². The maximum atomic E-state index is 11.2. The van der Waals surface area contributed by atoms with Crippen LogP contribution in [0.4, 0.5) is 0 Å². The van der Waals surface area contributed by atoms with Crippen LogP contribution in [0.3, 0.4) is 0 Å². The molecule has 0 aromatic carbocycles. The Bertz CT molecular complexity index is 205. The first-order chi connectivity index (χ1) is 6.12.